The Hall–Kier alpha value is -1.88. The molecule has 5 heteroatoms. The zero-order valence-corrected chi connectivity index (χ0v) is 15.5. The minimum absolute atomic E-state index is 0.171. The molecule has 0 aromatic carbocycles. The zero-order chi connectivity index (χ0) is 18.6. The van der Waals surface area contributed by atoms with Crippen LogP contribution in [0, 0.1) is 11.3 Å². The lowest BCUT2D eigenvalue weighted by Crippen LogP contribution is -2.46. The van der Waals surface area contributed by atoms with Gasteiger partial charge >= 0.3 is 11.9 Å². The van der Waals surface area contributed by atoms with Gasteiger partial charge in [-0.1, -0.05) is 25.5 Å². The number of aliphatic hydroxyl groups is 1. The van der Waals surface area contributed by atoms with E-state index in [1.54, 1.807) is 32.9 Å². The van der Waals surface area contributed by atoms with Crippen LogP contribution in [0.15, 0.2) is 34.4 Å². The number of ether oxygens (including phenoxy) is 2. The van der Waals surface area contributed by atoms with Crippen LogP contribution >= 0.6 is 0 Å². The number of hydrogen-bond acceptors (Lipinski definition) is 5. The van der Waals surface area contributed by atoms with Crippen LogP contribution < -0.4 is 0 Å². The summed E-state index contributed by atoms with van der Waals surface area (Å²) in [6.07, 6.45) is 5.07. The summed E-state index contributed by atoms with van der Waals surface area (Å²) in [6.45, 7) is 9.53. The molecular weight excluding hydrogens is 320 g/mol. The van der Waals surface area contributed by atoms with E-state index in [-0.39, 0.29) is 23.4 Å². The highest BCUT2D eigenvalue weighted by Crippen LogP contribution is 2.56. The molecule has 0 saturated heterocycles. The smallest absolute Gasteiger partial charge is 0.336 e. The maximum Gasteiger partial charge on any atom is 0.336 e. The number of esters is 2. The lowest BCUT2D eigenvalue weighted by atomic mass is 9.58. The van der Waals surface area contributed by atoms with Crippen molar-refractivity contribution in [3.8, 4) is 0 Å². The van der Waals surface area contributed by atoms with E-state index in [4.69, 9.17) is 9.47 Å². The van der Waals surface area contributed by atoms with E-state index in [2.05, 4.69) is 13.8 Å². The number of allylic oxidation sites excluding steroid dienone is 1. The molecule has 1 heterocycles. The van der Waals surface area contributed by atoms with Gasteiger partial charge in [0, 0.05) is 23.1 Å². The van der Waals surface area contributed by atoms with Crippen LogP contribution in [0.25, 0.3) is 0 Å². The molecular formula is C20H26O5. The molecule has 3 rings (SSSR count). The fourth-order valence-corrected chi connectivity index (χ4v) is 4.15. The third kappa shape index (κ3) is 2.74. The number of hydrogen-bond donors (Lipinski definition) is 1. The quantitative estimate of drug-likeness (QED) is 0.472. The lowest BCUT2D eigenvalue weighted by Gasteiger charge is -2.49. The standard InChI is InChI=1S/C20H26O5/c1-6-11(2)17(21)24-15-7-12(3)19(5)10-16-13(4)18(22)25-20(16,23)9-14(19)8-15/h6,9,12,15,23H,7-8,10H2,1-5H3/b11-6-/t12-,15+,19+,20+/m0/s1. The molecule has 4 atom stereocenters. The van der Waals surface area contributed by atoms with Crippen molar-refractivity contribution in [1.29, 1.82) is 0 Å². The van der Waals surface area contributed by atoms with Gasteiger partial charge in [-0.3, -0.25) is 0 Å². The van der Waals surface area contributed by atoms with Crippen molar-refractivity contribution >= 4 is 11.9 Å². The van der Waals surface area contributed by atoms with Crippen LogP contribution in [0.4, 0.5) is 0 Å². The molecule has 25 heavy (non-hydrogen) atoms. The fraction of sp³-hybridized carbons (Fsp3) is 0.600. The second-order valence-corrected chi connectivity index (χ2v) is 7.79. The molecule has 3 aliphatic rings. The Morgan fingerprint density at radius 2 is 2.16 bits per heavy atom. The first kappa shape index (κ1) is 17.9. The average molecular weight is 346 g/mol. The van der Waals surface area contributed by atoms with E-state index in [9.17, 15) is 14.7 Å². The van der Waals surface area contributed by atoms with Gasteiger partial charge in [0.05, 0.1) is 0 Å². The van der Waals surface area contributed by atoms with Gasteiger partial charge in [0.15, 0.2) is 0 Å². The van der Waals surface area contributed by atoms with E-state index in [0.29, 0.717) is 29.6 Å². The highest BCUT2D eigenvalue weighted by Gasteiger charge is 2.54. The summed E-state index contributed by atoms with van der Waals surface area (Å²) >= 11 is 0. The summed E-state index contributed by atoms with van der Waals surface area (Å²) in [4.78, 5) is 24.0. The molecule has 1 saturated carbocycles. The Labute approximate surface area is 148 Å². The Balaban J connectivity index is 1.91. The van der Waals surface area contributed by atoms with Crippen molar-refractivity contribution in [2.75, 3.05) is 0 Å². The maximum absolute atomic E-state index is 12.1. The molecule has 0 radical (unpaired) electrons. The SMILES string of the molecule is C/C=C(/C)C(=O)O[C@H]1CC2=C[C@@]3(O)OC(=O)C(C)=C3C[C@]2(C)[C@@H](C)C1. The van der Waals surface area contributed by atoms with Gasteiger partial charge in [0.25, 0.3) is 5.79 Å². The molecule has 1 aliphatic heterocycles. The summed E-state index contributed by atoms with van der Waals surface area (Å²) in [7, 11) is 0. The first-order chi connectivity index (χ1) is 11.6. The average Bonchev–Trinajstić information content (AvgIpc) is 2.75. The van der Waals surface area contributed by atoms with Crippen LogP contribution in [-0.2, 0) is 19.1 Å². The van der Waals surface area contributed by atoms with Crippen molar-refractivity contribution in [2.45, 2.75) is 65.8 Å². The van der Waals surface area contributed by atoms with Gasteiger partial charge in [-0.2, -0.15) is 0 Å². The summed E-state index contributed by atoms with van der Waals surface area (Å²) in [5.74, 6) is -2.16. The van der Waals surface area contributed by atoms with E-state index in [1.165, 1.54) is 0 Å². The van der Waals surface area contributed by atoms with Crippen LogP contribution in [0.5, 0.6) is 0 Å². The normalized spacial score (nSPS) is 37.9. The van der Waals surface area contributed by atoms with Crippen LogP contribution in [-0.4, -0.2) is 28.9 Å². The molecule has 0 spiro atoms. The second-order valence-electron chi connectivity index (χ2n) is 7.79. The van der Waals surface area contributed by atoms with Crippen molar-refractivity contribution in [3.05, 3.63) is 34.4 Å². The maximum atomic E-state index is 12.1. The minimum Gasteiger partial charge on any atom is -0.459 e. The van der Waals surface area contributed by atoms with Gasteiger partial charge in [0.2, 0.25) is 0 Å². The van der Waals surface area contributed by atoms with E-state index >= 15 is 0 Å². The van der Waals surface area contributed by atoms with E-state index in [1.807, 2.05) is 0 Å². The van der Waals surface area contributed by atoms with Gasteiger partial charge in [-0.25, -0.2) is 9.59 Å². The monoisotopic (exact) mass is 346 g/mol. The summed E-state index contributed by atoms with van der Waals surface area (Å²) in [6, 6.07) is 0. The van der Waals surface area contributed by atoms with Gasteiger partial charge in [0.1, 0.15) is 6.10 Å². The van der Waals surface area contributed by atoms with Gasteiger partial charge in [-0.15, -0.1) is 0 Å². The number of carbonyl (C=O) groups excluding carboxylic acids is 2. The predicted octanol–water partition coefficient (Wildman–Crippen LogP) is 3.19. The van der Waals surface area contributed by atoms with Crippen molar-refractivity contribution in [2.24, 2.45) is 11.3 Å². The first-order valence-electron chi connectivity index (χ1n) is 8.82. The van der Waals surface area contributed by atoms with Gasteiger partial charge in [-0.05, 0) is 51.0 Å². The topological polar surface area (TPSA) is 72.8 Å². The van der Waals surface area contributed by atoms with Crippen LogP contribution in [0.2, 0.25) is 0 Å². The highest BCUT2D eigenvalue weighted by molar-refractivity contribution is 5.92. The van der Waals surface area contributed by atoms with E-state index < -0.39 is 11.8 Å². The van der Waals surface area contributed by atoms with Crippen molar-refractivity contribution < 1.29 is 24.2 Å². The molecule has 0 aromatic heterocycles. The molecule has 1 fully saturated rings. The zero-order valence-electron chi connectivity index (χ0n) is 15.5. The Kier molecular flexibility index (Phi) is 4.18. The number of rotatable bonds is 2. The molecule has 0 aromatic rings. The third-order valence-corrected chi connectivity index (χ3v) is 6.27. The largest absolute Gasteiger partial charge is 0.459 e. The predicted molar refractivity (Wildman–Crippen MR) is 92.3 cm³/mol. The lowest BCUT2D eigenvalue weighted by molar-refractivity contribution is -0.170. The third-order valence-electron chi connectivity index (χ3n) is 6.27. The number of carbonyl (C=O) groups is 2. The Morgan fingerprint density at radius 1 is 1.48 bits per heavy atom. The van der Waals surface area contributed by atoms with Crippen LogP contribution in [0.1, 0.15) is 53.9 Å². The molecule has 1 N–H and O–H groups in total. The van der Waals surface area contributed by atoms with E-state index in [0.717, 1.165) is 12.0 Å². The Morgan fingerprint density at radius 3 is 2.80 bits per heavy atom. The van der Waals surface area contributed by atoms with Crippen molar-refractivity contribution in [3.63, 3.8) is 0 Å². The Bertz CT molecular complexity index is 728. The summed E-state index contributed by atoms with van der Waals surface area (Å²) in [5, 5.41) is 10.8. The van der Waals surface area contributed by atoms with Gasteiger partial charge < -0.3 is 14.6 Å². The highest BCUT2D eigenvalue weighted by atomic mass is 16.7. The summed E-state index contributed by atoms with van der Waals surface area (Å²) in [5.41, 5.74) is 2.58. The van der Waals surface area contributed by atoms with Crippen molar-refractivity contribution in [1.82, 2.24) is 0 Å². The fourth-order valence-electron chi connectivity index (χ4n) is 4.15. The molecule has 0 amide bonds. The van der Waals surface area contributed by atoms with Crippen LogP contribution in [0.3, 0.4) is 0 Å². The summed E-state index contributed by atoms with van der Waals surface area (Å²) < 4.78 is 10.9. The first-order valence-corrected chi connectivity index (χ1v) is 8.82. The minimum atomic E-state index is -1.64. The molecule has 0 unspecified atom stereocenters. The second kappa shape index (κ2) is 5.84. The number of fused-ring (bicyclic) bond motifs is 2. The molecule has 5 nitrogen and oxygen atoms in total. The molecule has 0 bridgehead atoms. The molecule has 2 aliphatic carbocycles. The molecule has 136 valence electrons.